The van der Waals surface area contributed by atoms with Crippen LogP contribution in [0.15, 0.2) is 48.5 Å². The van der Waals surface area contributed by atoms with Crippen LogP contribution in [-0.2, 0) is 13.6 Å². The normalized spacial score (nSPS) is 12.0. The van der Waals surface area contributed by atoms with Gasteiger partial charge in [-0.15, -0.1) is 0 Å². The van der Waals surface area contributed by atoms with E-state index in [1.807, 2.05) is 36.4 Å². The average Bonchev–Trinajstić information content (AvgIpc) is 2.95. The standard InChI is InChI=1S/C18H19ClNO3P/c1-3-22-24(21,23-4-2)18-15-12-14(19)10-11-16(15)20-17(18)13-8-6-5-7-9-13/h5-12,20H,3-4H2,1-2H3. The van der Waals surface area contributed by atoms with E-state index in [2.05, 4.69) is 4.98 Å². The Morgan fingerprint density at radius 2 is 1.71 bits per heavy atom. The van der Waals surface area contributed by atoms with Gasteiger partial charge >= 0.3 is 7.60 Å². The summed E-state index contributed by atoms with van der Waals surface area (Å²) in [6.07, 6.45) is 0. The monoisotopic (exact) mass is 363 g/mol. The zero-order chi connectivity index (χ0) is 17.2. The number of hydrogen-bond acceptors (Lipinski definition) is 3. The van der Waals surface area contributed by atoms with Gasteiger partial charge in [-0.2, -0.15) is 0 Å². The highest BCUT2D eigenvalue weighted by molar-refractivity contribution is 7.63. The van der Waals surface area contributed by atoms with Crippen LogP contribution < -0.4 is 5.30 Å². The molecule has 3 aromatic rings. The van der Waals surface area contributed by atoms with E-state index >= 15 is 0 Å². The summed E-state index contributed by atoms with van der Waals surface area (Å²) in [6.45, 7) is 4.18. The molecule has 0 unspecified atom stereocenters. The molecule has 0 saturated heterocycles. The first-order valence-electron chi connectivity index (χ1n) is 7.85. The first kappa shape index (κ1) is 17.2. The Balaban J connectivity index is 2.34. The molecule has 24 heavy (non-hydrogen) atoms. The number of hydrogen-bond donors (Lipinski definition) is 1. The lowest BCUT2D eigenvalue weighted by molar-refractivity contribution is 0.230. The summed E-state index contributed by atoms with van der Waals surface area (Å²) in [4.78, 5) is 3.34. The molecule has 0 bridgehead atoms. The molecule has 4 nitrogen and oxygen atoms in total. The van der Waals surface area contributed by atoms with Crippen LogP contribution in [0, 0.1) is 0 Å². The van der Waals surface area contributed by atoms with E-state index < -0.39 is 7.60 Å². The fourth-order valence-corrected chi connectivity index (χ4v) is 4.88. The van der Waals surface area contributed by atoms with Crippen molar-refractivity contribution in [1.82, 2.24) is 4.98 Å². The highest BCUT2D eigenvalue weighted by Gasteiger charge is 2.34. The Morgan fingerprint density at radius 1 is 1.04 bits per heavy atom. The number of benzene rings is 2. The van der Waals surface area contributed by atoms with Gasteiger partial charge in [0.25, 0.3) is 0 Å². The Kier molecular flexibility index (Phi) is 5.12. The summed E-state index contributed by atoms with van der Waals surface area (Å²) >= 11 is 6.16. The van der Waals surface area contributed by atoms with Crippen molar-refractivity contribution in [3.05, 3.63) is 53.6 Å². The van der Waals surface area contributed by atoms with Crippen molar-refractivity contribution in [1.29, 1.82) is 0 Å². The first-order chi connectivity index (χ1) is 11.6. The van der Waals surface area contributed by atoms with Crippen molar-refractivity contribution < 1.29 is 13.6 Å². The van der Waals surface area contributed by atoms with Crippen molar-refractivity contribution >= 4 is 35.4 Å². The SMILES string of the molecule is CCOP(=O)(OCC)c1c(-c2ccccc2)[nH]c2ccc(Cl)cc12. The highest BCUT2D eigenvalue weighted by Crippen LogP contribution is 2.51. The molecule has 126 valence electrons. The van der Waals surface area contributed by atoms with Crippen molar-refractivity contribution in [3.63, 3.8) is 0 Å². The molecule has 0 spiro atoms. The summed E-state index contributed by atoms with van der Waals surface area (Å²) in [5, 5.41) is 1.86. The third-order valence-corrected chi connectivity index (χ3v) is 6.11. The van der Waals surface area contributed by atoms with E-state index in [0.717, 1.165) is 22.2 Å². The maximum absolute atomic E-state index is 13.5. The lowest BCUT2D eigenvalue weighted by Crippen LogP contribution is -2.12. The smallest absolute Gasteiger partial charge is 0.354 e. The summed E-state index contributed by atoms with van der Waals surface area (Å²) < 4.78 is 24.7. The molecule has 1 heterocycles. The Bertz CT molecular complexity index is 882. The van der Waals surface area contributed by atoms with Gasteiger partial charge in [-0.3, -0.25) is 4.57 Å². The second kappa shape index (κ2) is 7.12. The maximum atomic E-state index is 13.5. The summed E-state index contributed by atoms with van der Waals surface area (Å²) in [5.41, 5.74) is 2.49. The van der Waals surface area contributed by atoms with E-state index in [1.54, 1.807) is 26.0 Å². The largest absolute Gasteiger partial charge is 0.364 e. The quantitative estimate of drug-likeness (QED) is 0.598. The molecule has 0 aliphatic heterocycles. The molecule has 1 N–H and O–H groups in total. The topological polar surface area (TPSA) is 51.3 Å². The first-order valence-corrected chi connectivity index (χ1v) is 9.77. The lowest BCUT2D eigenvalue weighted by Gasteiger charge is -2.18. The molecule has 0 radical (unpaired) electrons. The van der Waals surface area contributed by atoms with Crippen LogP contribution in [0.2, 0.25) is 5.02 Å². The van der Waals surface area contributed by atoms with Crippen molar-refractivity contribution in [2.45, 2.75) is 13.8 Å². The number of rotatable bonds is 6. The van der Waals surface area contributed by atoms with Gasteiger partial charge in [-0.25, -0.2) is 0 Å². The van der Waals surface area contributed by atoms with E-state index in [0.29, 0.717) is 23.5 Å². The molecule has 0 amide bonds. The highest BCUT2D eigenvalue weighted by atomic mass is 35.5. The van der Waals surface area contributed by atoms with Crippen LogP contribution >= 0.6 is 19.2 Å². The van der Waals surface area contributed by atoms with Gasteiger partial charge in [0, 0.05) is 15.9 Å². The van der Waals surface area contributed by atoms with Crippen LogP contribution in [0.25, 0.3) is 22.2 Å². The number of H-pyrrole nitrogens is 1. The van der Waals surface area contributed by atoms with Gasteiger partial charge in [-0.1, -0.05) is 41.9 Å². The number of halogens is 1. The van der Waals surface area contributed by atoms with Gasteiger partial charge in [-0.05, 0) is 37.6 Å². The molecule has 1 aromatic heterocycles. The third kappa shape index (κ3) is 3.15. The molecule has 2 aromatic carbocycles. The van der Waals surface area contributed by atoms with Crippen LogP contribution in [0.1, 0.15) is 13.8 Å². The zero-order valence-electron chi connectivity index (χ0n) is 13.6. The minimum Gasteiger partial charge on any atom is -0.354 e. The summed E-state index contributed by atoms with van der Waals surface area (Å²) in [6, 6.07) is 15.2. The molecule has 0 aliphatic rings. The van der Waals surface area contributed by atoms with Gasteiger partial charge in [0.1, 0.15) is 0 Å². The van der Waals surface area contributed by atoms with Crippen LogP contribution in [0.5, 0.6) is 0 Å². The Morgan fingerprint density at radius 3 is 2.33 bits per heavy atom. The van der Waals surface area contributed by atoms with Crippen molar-refractivity contribution in [2.24, 2.45) is 0 Å². The Labute approximate surface area is 146 Å². The van der Waals surface area contributed by atoms with E-state index in [-0.39, 0.29) is 0 Å². The fourth-order valence-electron chi connectivity index (χ4n) is 2.75. The van der Waals surface area contributed by atoms with Crippen molar-refractivity contribution in [2.75, 3.05) is 13.2 Å². The number of fused-ring (bicyclic) bond motifs is 1. The predicted molar refractivity (Wildman–Crippen MR) is 99.2 cm³/mol. The Hall–Kier alpha value is -1.58. The molecule has 3 rings (SSSR count). The van der Waals surface area contributed by atoms with E-state index in [4.69, 9.17) is 20.6 Å². The third-order valence-electron chi connectivity index (χ3n) is 3.67. The summed E-state index contributed by atoms with van der Waals surface area (Å²) in [7, 11) is -3.48. The second-order valence-corrected chi connectivity index (χ2v) is 7.63. The molecule has 0 aliphatic carbocycles. The second-order valence-electron chi connectivity index (χ2n) is 5.24. The van der Waals surface area contributed by atoms with Crippen molar-refractivity contribution in [3.8, 4) is 11.3 Å². The van der Waals surface area contributed by atoms with Gasteiger partial charge in [0.15, 0.2) is 0 Å². The molecular formula is C18H19ClNO3P. The fraction of sp³-hybridized carbons (Fsp3) is 0.222. The van der Waals surface area contributed by atoms with Gasteiger partial charge in [0.05, 0.1) is 24.2 Å². The van der Waals surface area contributed by atoms with Gasteiger partial charge < -0.3 is 14.0 Å². The molecule has 0 saturated carbocycles. The van der Waals surface area contributed by atoms with Gasteiger partial charge in [0.2, 0.25) is 0 Å². The zero-order valence-corrected chi connectivity index (χ0v) is 15.2. The minimum absolute atomic E-state index is 0.290. The molecule has 0 fully saturated rings. The van der Waals surface area contributed by atoms with E-state index in [1.165, 1.54) is 0 Å². The number of aromatic amines is 1. The van der Waals surface area contributed by atoms with Crippen LogP contribution in [0.3, 0.4) is 0 Å². The minimum atomic E-state index is -3.48. The molecule has 0 atom stereocenters. The number of nitrogens with one attached hydrogen (secondary N) is 1. The average molecular weight is 364 g/mol. The molecule has 6 heteroatoms. The van der Waals surface area contributed by atoms with Crippen LogP contribution in [0.4, 0.5) is 0 Å². The number of aromatic nitrogens is 1. The molecular weight excluding hydrogens is 345 g/mol. The lowest BCUT2D eigenvalue weighted by atomic mass is 10.1. The predicted octanol–water partition coefficient (Wildman–Crippen LogP) is 5.38. The maximum Gasteiger partial charge on any atom is 0.364 e. The summed E-state index contributed by atoms with van der Waals surface area (Å²) in [5.74, 6) is 0. The van der Waals surface area contributed by atoms with E-state index in [9.17, 15) is 4.57 Å². The van der Waals surface area contributed by atoms with Crippen LogP contribution in [-0.4, -0.2) is 18.2 Å².